The van der Waals surface area contributed by atoms with Gasteiger partial charge in [0.15, 0.2) is 0 Å². The molecule has 4 aromatic rings. The summed E-state index contributed by atoms with van der Waals surface area (Å²) in [5.74, 6) is 2.20. The summed E-state index contributed by atoms with van der Waals surface area (Å²) in [5, 5.41) is 7.63. The minimum atomic E-state index is 0.368. The molecule has 0 radical (unpaired) electrons. The average molecular weight is 623 g/mol. The van der Waals surface area contributed by atoms with E-state index in [-0.39, 0.29) is 0 Å². The highest BCUT2D eigenvalue weighted by molar-refractivity contribution is 9.11. The summed E-state index contributed by atoms with van der Waals surface area (Å²) in [7, 11) is 0. The Morgan fingerprint density at radius 1 is 0.865 bits per heavy atom. The van der Waals surface area contributed by atoms with Crippen molar-refractivity contribution >= 4 is 61.6 Å². The summed E-state index contributed by atoms with van der Waals surface area (Å²) in [6, 6.07) is 23.8. The molecule has 8 nitrogen and oxygen atoms in total. The number of ether oxygens (including phenoxy) is 1. The molecule has 0 saturated carbocycles. The summed E-state index contributed by atoms with van der Waals surface area (Å²) in [6.45, 7) is 2.33. The average Bonchev–Trinajstić information content (AvgIpc) is 3.45. The Balaban J connectivity index is 1.30. The molecular weight excluding hydrogens is 598 g/mol. The summed E-state index contributed by atoms with van der Waals surface area (Å²) in [5.41, 5.74) is 5.83. The maximum absolute atomic E-state index is 6.01. The molecule has 2 N–H and O–H groups in total. The third-order valence-electron chi connectivity index (χ3n) is 5.67. The van der Waals surface area contributed by atoms with Crippen LogP contribution in [0.25, 0.3) is 0 Å². The second-order valence-electron chi connectivity index (χ2n) is 8.43. The van der Waals surface area contributed by atoms with Crippen molar-refractivity contribution in [2.24, 2.45) is 5.10 Å². The standard InChI is InChI=1S/C27H25Br2N7O/c28-22-15-20(16-23(29)24(22)37-18-19-9-3-1-4-10-19)17-30-35-26-32-25(31-21-11-5-2-6-12-21)33-27(34-26)36-13-7-8-14-36/h1-6,9-12,15-17H,7-8,13-14,18H2,(H2,31,32,33,34,35)/b30-17-. The maximum Gasteiger partial charge on any atom is 0.250 e. The van der Waals surface area contributed by atoms with Crippen molar-refractivity contribution in [2.45, 2.75) is 19.4 Å². The van der Waals surface area contributed by atoms with Crippen LogP contribution < -0.4 is 20.4 Å². The smallest absolute Gasteiger partial charge is 0.250 e. The summed E-state index contributed by atoms with van der Waals surface area (Å²) in [4.78, 5) is 15.9. The minimum absolute atomic E-state index is 0.368. The van der Waals surface area contributed by atoms with Crippen molar-refractivity contribution in [3.05, 3.63) is 92.9 Å². The number of para-hydroxylation sites is 1. The molecule has 0 amide bonds. The van der Waals surface area contributed by atoms with Crippen LogP contribution in [0.3, 0.4) is 0 Å². The lowest BCUT2D eigenvalue weighted by Crippen LogP contribution is -2.21. The lowest BCUT2D eigenvalue weighted by atomic mass is 10.2. The van der Waals surface area contributed by atoms with E-state index in [1.165, 1.54) is 0 Å². The fraction of sp³-hybridized carbons (Fsp3) is 0.185. The fourth-order valence-electron chi connectivity index (χ4n) is 3.87. The van der Waals surface area contributed by atoms with Gasteiger partial charge in [-0.15, -0.1) is 0 Å². The first-order chi connectivity index (χ1) is 18.1. The largest absolute Gasteiger partial charge is 0.487 e. The third-order valence-corrected chi connectivity index (χ3v) is 6.85. The van der Waals surface area contributed by atoms with Crippen molar-refractivity contribution in [3.8, 4) is 5.75 Å². The Bertz CT molecular complexity index is 1340. The number of aromatic nitrogens is 3. The van der Waals surface area contributed by atoms with E-state index in [0.29, 0.717) is 24.5 Å². The molecule has 0 unspecified atom stereocenters. The highest BCUT2D eigenvalue weighted by atomic mass is 79.9. The predicted molar refractivity (Wildman–Crippen MR) is 155 cm³/mol. The van der Waals surface area contributed by atoms with Gasteiger partial charge in [0.25, 0.3) is 0 Å². The molecule has 188 valence electrons. The Hall–Kier alpha value is -3.50. The molecule has 1 aromatic heterocycles. The third kappa shape index (κ3) is 6.84. The fourth-order valence-corrected chi connectivity index (χ4v) is 5.32. The van der Waals surface area contributed by atoms with Crippen LogP contribution in [-0.2, 0) is 6.61 Å². The van der Waals surface area contributed by atoms with Crippen molar-refractivity contribution in [2.75, 3.05) is 28.7 Å². The number of hydrazone groups is 1. The van der Waals surface area contributed by atoms with Gasteiger partial charge in [0.1, 0.15) is 12.4 Å². The second kappa shape index (κ2) is 12.2. The molecule has 0 atom stereocenters. The number of hydrogen-bond donors (Lipinski definition) is 2. The maximum atomic E-state index is 6.01. The molecule has 5 rings (SSSR count). The lowest BCUT2D eigenvalue weighted by molar-refractivity contribution is 0.302. The SMILES string of the molecule is Brc1cc(/C=N\Nc2nc(Nc3ccccc3)nc(N3CCCC3)n2)cc(Br)c1OCc1ccccc1. The molecule has 3 aromatic carbocycles. The lowest BCUT2D eigenvalue weighted by Gasteiger charge is -2.16. The van der Waals surface area contributed by atoms with Crippen LogP contribution in [0.15, 0.2) is 86.8 Å². The normalized spacial score (nSPS) is 13.2. The minimum Gasteiger partial charge on any atom is -0.487 e. The zero-order valence-electron chi connectivity index (χ0n) is 19.9. The van der Waals surface area contributed by atoms with E-state index in [9.17, 15) is 0 Å². The van der Waals surface area contributed by atoms with Gasteiger partial charge in [0.05, 0.1) is 15.2 Å². The monoisotopic (exact) mass is 621 g/mol. The highest BCUT2D eigenvalue weighted by Crippen LogP contribution is 2.35. The molecule has 1 saturated heterocycles. The van der Waals surface area contributed by atoms with Crippen molar-refractivity contribution < 1.29 is 4.74 Å². The predicted octanol–water partition coefficient (Wildman–Crippen LogP) is 6.77. The molecule has 10 heteroatoms. The van der Waals surface area contributed by atoms with Crippen LogP contribution in [-0.4, -0.2) is 34.3 Å². The quantitative estimate of drug-likeness (QED) is 0.157. The van der Waals surface area contributed by atoms with Crippen LogP contribution in [0.1, 0.15) is 24.0 Å². The number of anilines is 4. The number of rotatable bonds is 9. The number of halogens is 2. The van der Waals surface area contributed by atoms with Crippen LogP contribution in [0.4, 0.5) is 23.5 Å². The first-order valence-corrected chi connectivity index (χ1v) is 13.5. The highest BCUT2D eigenvalue weighted by Gasteiger charge is 2.17. The van der Waals surface area contributed by atoms with Gasteiger partial charge in [0.2, 0.25) is 17.8 Å². The number of nitrogens with zero attached hydrogens (tertiary/aromatic N) is 5. The molecule has 0 bridgehead atoms. The van der Waals surface area contributed by atoms with Gasteiger partial charge in [-0.05, 0) is 80.1 Å². The molecule has 2 heterocycles. The zero-order valence-corrected chi connectivity index (χ0v) is 23.1. The van der Waals surface area contributed by atoms with E-state index in [2.05, 4.69) is 67.6 Å². The van der Waals surface area contributed by atoms with Gasteiger partial charge in [-0.1, -0.05) is 48.5 Å². The summed E-state index contributed by atoms with van der Waals surface area (Å²) < 4.78 is 7.66. The first kappa shape index (κ1) is 25.2. The topological polar surface area (TPSA) is 87.6 Å². The van der Waals surface area contributed by atoms with Crippen molar-refractivity contribution in [1.82, 2.24) is 15.0 Å². The van der Waals surface area contributed by atoms with Crippen LogP contribution >= 0.6 is 31.9 Å². The van der Waals surface area contributed by atoms with Gasteiger partial charge in [-0.25, -0.2) is 5.43 Å². The van der Waals surface area contributed by atoms with E-state index in [1.54, 1.807) is 6.21 Å². The summed E-state index contributed by atoms with van der Waals surface area (Å²) >= 11 is 7.23. The number of hydrogen-bond acceptors (Lipinski definition) is 8. The Morgan fingerprint density at radius 3 is 2.22 bits per heavy atom. The zero-order chi connectivity index (χ0) is 25.5. The Labute approximate surface area is 232 Å². The van der Waals surface area contributed by atoms with Gasteiger partial charge < -0.3 is 15.0 Å². The van der Waals surface area contributed by atoms with Crippen molar-refractivity contribution in [1.29, 1.82) is 0 Å². The van der Waals surface area contributed by atoms with Crippen LogP contribution in [0.2, 0.25) is 0 Å². The molecular formula is C27H25Br2N7O. The Morgan fingerprint density at radius 2 is 1.51 bits per heavy atom. The molecule has 0 spiro atoms. The van der Waals surface area contributed by atoms with Crippen LogP contribution in [0, 0.1) is 0 Å². The molecule has 0 aliphatic carbocycles. The van der Waals surface area contributed by atoms with E-state index < -0.39 is 0 Å². The molecule has 37 heavy (non-hydrogen) atoms. The second-order valence-corrected chi connectivity index (χ2v) is 10.1. The van der Waals surface area contributed by atoms with E-state index in [4.69, 9.17) is 4.74 Å². The number of nitrogens with one attached hydrogen (secondary N) is 2. The van der Waals surface area contributed by atoms with Crippen molar-refractivity contribution in [3.63, 3.8) is 0 Å². The van der Waals surface area contributed by atoms with Gasteiger partial charge in [0, 0.05) is 18.8 Å². The summed E-state index contributed by atoms with van der Waals surface area (Å²) in [6.07, 6.45) is 3.96. The van der Waals surface area contributed by atoms with E-state index in [1.807, 2.05) is 72.8 Å². The Kier molecular flexibility index (Phi) is 8.27. The van der Waals surface area contributed by atoms with Gasteiger partial charge in [-0.2, -0.15) is 20.1 Å². The molecule has 1 fully saturated rings. The van der Waals surface area contributed by atoms with E-state index >= 15 is 0 Å². The molecule has 1 aliphatic heterocycles. The van der Waals surface area contributed by atoms with E-state index in [0.717, 1.165) is 57.4 Å². The number of benzene rings is 3. The van der Waals surface area contributed by atoms with Gasteiger partial charge >= 0.3 is 0 Å². The van der Waals surface area contributed by atoms with Gasteiger partial charge in [-0.3, -0.25) is 0 Å². The van der Waals surface area contributed by atoms with Crippen LogP contribution in [0.5, 0.6) is 5.75 Å². The molecule has 1 aliphatic rings. The first-order valence-electron chi connectivity index (χ1n) is 11.9.